The quantitative estimate of drug-likeness (QED) is 0.0284. The second kappa shape index (κ2) is 36.8. The van der Waals surface area contributed by atoms with E-state index in [1.807, 2.05) is 0 Å². The summed E-state index contributed by atoms with van der Waals surface area (Å²) in [6.07, 6.45) is 44.0. The summed E-state index contributed by atoms with van der Waals surface area (Å²) in [4.78, 5) is 42.8. The van der Waals surface area contributed by atoms with Gasteiger partial charge in [-0.15, -0.1) is 0 Å². The number of carbonyl (C=O) groups excluding carboxylic acids is 2. The number of rotatable bonds is 36. The molecule has 0 aromatic heterocycles. The third-order valence-corrected chi connectivity index (χ3v) is 8.82. The Bertz CT molecular complexity index is 952. The number of esters is 2. The second-order valence-electron chi connectivity index (χ2n) is 13.2. The van der Waals surface area contributed by atoms with Gasteiger partial charge in [0.15, 0.2) is 6.10 Å². The van der Waals surface area contributed by atoms with Crippen molar-refractivity contribution >= 4 is 19.8 Å². The van der Waals surface area contributed by atoms with Crippen molar-refractivity contribution in [1.82, 2.24) is 0 Å². The van der Waals surface area contributed by atoms with Gasteiger partial charge < -0.3 is 19.3 Å². The number of unbranched alkanes of at least 4 members (excludes halogenated alkanes) is 18. The Morgan fingerprint density at radius 3 is 1.46 bits per heavy atom. The third kappa shape index (κ3) is 38.8. The van der Waals surface area contributed by atoms with Gasteiger partial charge in [-0.3, -0.25) is 14.1 Å². The summed E-state index contributed by atoms with van der Waals surface area (Å²) in [5, 5.41) is 0. The second-order valence-corrected chi connectivity index (χ2v) is 14.5. The lowest BCUT2D eigenvalue weighted by atomic mass is 10.1. The summed E-state index contributed by atoms with van der Waals surface area (Å²) in [7, 11) is -4.76. The van der Waals surface area contributed by atoms with E-state index in [4.69, 9.17) is 19.3 Å². The molecule has 0 unspecified atom stereocenters. The highest BCUT2D eigenvalue weighted by Crippen LogP contribution is 2.36. The van der Waals surface area contributed by atoms with Crippen LogP contribution in [0.1, 0.15) is 181 Å². The van der Waals surface area contributed by atoms with Crippen molar-refractivity contribution in [3.63, 3.8) is 0 Å². The van der Waals surface area contributed by atoms with Crippen molar-refractivity contribution in [1.29, 1.82) is 0 Å². The zero-order valence-corrected chi connectivity index (χ0v) is 32.7. The van der Waals surface area contributed by atoms with E-state index in [9.17, 15) is 14.2 Å². The maximum atomic E-state index is 12.4. The van der Waals surface area contributed by atoms with E-state index >= 15 is 0 Å². The van der Waals surface area contributed by atoms with Crippen LogP contribution in [0.3, 0.4) is 0 Å². The number of carbonyl (C=O) groups is 2. The molecule has 0 aliphatic heterocycles. The van der Waals surface area contributed by atoms with Gasteiger partial charge in [-0.05, 0) is 70.6 Å². The van der Waals surface area contributed by atoms with Crippen molar-refractivity contribution in [2.24, 2.45) is 0 Å². The Morgan fingerprint density at radius 1 is 0.540 bits per heavy atom. The van der Waals surface area contributed by atoms with Crippen molar-refractivity contribution in [2.75, 3.05) is 13.2 Å². The monoisotopic (exact) mass is 725 g/mol. The molecule has 0 heterocycles. The molecular weight excluding hydrogens is 651 g/mol. The summed E-state index contributed by atoms with van der Waals surface area (Å²) in [5.74, 6) is -0.907. The first kappa shape index (κ1) is 48.0. The molecule has 0 spiro atoms. The molecular formula is C41H73O8P. The van der Waals surface area contributed by atoms with Crippen molar-refractivity contribution in [2.45, 2.75) is 187 Å². The summed E-state index contributed by atoms with van der Waals surface area (Å²) in [6.45, 7) is 3.54. The van der Waals surface area contributed by atoms with Crippen molar-refractivity contribution < 1.29 is 37.9 Å². The molecule has 50 heavy (non-hydrogen) atoms. The predicted molar refractivity (Wildman–Crippen MR) is 207 cm³/mol. The fourth-order valence-corrected chi connectivity index (χ4v) is 5.74. The van der Waals surface area contributed by atoms with E-state index in [1.165, 1.54) is 70.6 Å². The molecule has 0 amide bonds. The molecule has 2 N–H and O–H groups in total. The number of phosphoric acid groups is 1. The van der Waals surface area contributed by atoms with E-state index in [0.29, 0.717) is 6.42 Å². The molecule has 0 saturated carbocycles. The number of phosphoric ester groups is 1. The lowest BCUT2D eigenvalue weighted by Crippen LogP contribution is -2.29. The standard InChI is InChI=1S/C41H73O8P/c1-3-5-7-9-11-13-15-17-19-20-22-23-25-27-29-31-33-35-40(42)47-37-39(38-48-50(44,45)46)49-41(43)36-34-32-30-28-26-24-21-18-16-14-12-10-8-6-4-2/h6,8,12-15,18,21,39H,3-5,7,9-11,16-17,19-20,22-38H2,1-2H3,(H2,44,45,46)/b8-6+,14-12+,15-13+,21-18+/t39-/m1/s1. The van der Waals surface area contributed by atoms with Crippen LogP contribution in [0.5, 0.6) is 0 Å². The predicted octanol–water partition coefficient (Wildman–Crippen LogP) is 12.0. The fraction of sp³-hybridized carbons (Fsp3) is 0.756. The number of hydrogen-bond donors (Lipinski definition) is 2. The summed E-state index contributed by atoms with van der Waals surface area (Å²) in [5.41, 5.74) is 0. The highest BCUT2D eigenvalue weighted by atomic mass is 31.2. The molecule has 0 radical (unpaired) electrons. The molecule has 0 fully saturated rings. The van der Waals surface area contributed by atoms with E-state index in [2.05, 4.69) is 67.0 Å². The Hall–Kier alpha value is -1.99. The summed E-state index contributed by atoms with van der Waals surface area (Å²) in [6, 6.07) is 0. The Balaban J connectivity index is 3.96. The molecule has 290 valence electrons. The van der Waals surface area contributed by atoms with Crippen LogP contribution >= 0.6 is 7.82 Å². The van der Waals surface area contributed by atoms with Crippen LogP contribution in [0.4, 0.5) is 0 Å². The molecule has 0 aromatic rings. The average Bonchev–Trinajstić information content (AvgIpc) is 3.08. The molecule has 0 saturated heterocycles. The van der Waals surface area contributed by atoms with E-state index in [-0.39, 0.29) is 19.4 Å². The molecule has 0 bridgehead atoms. The Kier molecular flexibility index (Phi) is 35.3. The molecule has 0 aliphatic carbocycles. The minimum Gasteiger partial charge on any atom is -0.462 e. The van der Waals surface area contributed by atoms with Crippen LogP contribution in [0.15, 0.2) is 48.6 Å². The average molecular weight is 725 g/mol. The SMILES string of the molecule is CC/C=C/C/C=C/C/C=C/CCCCCCCC(=O)O[C@H](COC(=O)CCCCCCCCCCC/C=C/CCCCCC)COP(=O)(O)O. The summed E-state index contributed by atoms with van der Waals surface area (Å²) >= 11 is 0. The van der Waals surface area contributed by atoms with Gasteiger partial charge in [-0.25, -0.2) is 4.57 Å². The lowest BCUT2D eigenvalue weighted by molar-refractivity contribution is -0.161. The smallest absolute Gasteiger partial charge is 0.462 e. The Labute approximate surface area is 305 Å². The van der Waals surface area contributed by atoms with Gasteiger partial charge in [0.05, 0.1) is 6.61 Å². The molecule has 1 atom stereocenters. The molecule has 0 aliphatic rings. The first-order chi connectivity index (χ1) is 24.3. The van der Waals surface area contributed by atoms with Gasteiger partial charge in [-0.1, -0.05) is 146 Å². The zero-order chi connectivity index (χ0) is 36.8. The van der Waals surface area contributed by atoms with Gasteiger partial charge in [0.25, 0.3) is 0 Å². The van der Waals surface area contributed by atoms with Gasteiger partial charge in [0, 0.05) is 12.8 Å². The van der Waals surface area contributed by atoms with Gasteiger partial charge in [0.2, 0.25) is 0 Å². The third-order valence-electron chi connectivity index (χ3n) is 8.33. The highest BCUT2D eigenvalue weighted by Gasteiger charge is 2.22. The van der Waals surface area contributed by atoms with Crippen LogP contribution in [0, 0.1) is 0 Å². The number of allylic oxidation sites excluding steroid dienone is 8. The van der Waals surface area contributed by atoms with E-state index < -0.39 is 32.5 Å². The minimum atomic E-state index is -4.76. The van der Waals surface area contributed by atoms with Crippen molar-refractivity contribution in [3.8, 4) is 0 Å². The zero-order valence-electron chi connectivity index (χ0n) is 31.8. The molecule has 9 heteroatoms. The fourth-order valence-electron chi connectivity index (χ4n) is 5.38. The van der Waals surface area contributed by atoms with Crippen molar-refractivity contribution in [3.05, 3.63) is 48.6 Å². The van der Waals surface area contributed by atoms with Crippen LogP contribution in [-0.2, 0) is 28.2 Å². The van der Waals surface area contributed by atoms with Crippen LogP contribution in [0.25, 0.3) is 0 Å². The van der Waals surface area contributed by atoms with Gasteiger partial charge >= 0.3 is 19.8 Å². The molecule has 0 rings (SSSR count). The number of hydrogen-bond acceptors (Lipinski definition) is 6. The van der Waals surface area contributed by atoms with E-state index in [0.717, 1.165) is 77.0 Å². The minimum absolute atomic E-state index is 0.191. The van der Waals surface area contributed by atoms with Crippen LogP contribution in [-0.4, -0.2) is 41.0 Å². The van der Waals surface area contributed by atoms with Crippen LogP contribution < -0.4 is 0 Å². The highest BCUT2D eigenvalue weighted by molar-refractivity contribution is 7.46. The molecule has 8 nitrogen and oxygen atoms in total. The largest absolute Gasteiger partial charge is 0.469 e. The van der Waals surface area contributed by atoms with E-state index in [1.54, 1.807) is 0 Å². The molecule has 0 aromatic carbocycles. The maximum absolute atomic E-state index is 12.4. The first-order valence-corrected chi connectivity index (χ1v) is 21.5. The number of ether oxygens (including phenoxy) is 2. The first-order valence-electron chi connectivity index (χ1n) is 19.9. The lowest BCUT2D eigenvalue weighted by Gasteiger charge is -2.18. The summed E-state index contributed by atoms with van der Waals surface area (Å²) < 4.78 is 26.3. The van der Waals surface area contributed by atoms with Gasteiger partial charge in [0.1, 0.15) is 6.61 Å². The maximum Gasteiger partial charge on any atom is 0.469 e. The van der Waals surface area contributed by atoms with Crippen LogP contribution in [0.2, 0.25) is 0 Å². The van der Waals surface area contributed by atoms with Gasteiger partial charge in [-0.2, -0.15) is 0 Å². The Morgan fingerprint density at radius 2 is 0.960 bits per heavy atom. The normalized spacial score (nSPS) is 13.0. The topological polar surface area (TPSA) is 119 Å².